The van der Waals surface area contributed by atoms with Gasteiger partial charge >= 0.3 is 5.97 Å². The van der Waals surface area contributed by atoms with Crippen LogP contribution >= 0.6 is 11.6 Å². The maximum absolute atomic E-state index is 12.7. The molecule has 0 spiro atoms. The molecule has 2 aromatic heterocycles. The van der Waals surface area contributed by atoms with Crippen LogP contribution in [0.3, 0.4) is 0 Å². The summed E-state index contributed by atoms with van der Waals surface area (Å²) < 4.78 is 34.2. The quantitative estimate of drug-likeness (QED) is 0.599. The van der Waals surface area contributed by atoms with Crippen LogP contribution in [0, 0.1) is 0 Å². The zero-order valence-corrected chi connectivity index (χ0v) is 16.1. The summed E-state index contributed by atoms with van der Waals surface area (Å²) in [6.07, 6.45) is 4.50. The smallest absolute Gasteiger partial charge is 0.339 e. The lowest BCUT2D eigenvalue weighted by molar-refractivity contribution is 0.0693. The topological polar surface area (TPSA) is 123 Å². The SMILES string of the molecule is COc1cc(S(=O)(=O)Nc2cnn(Cc3ccccn3)c2)c(Cl)cc1C(=O)O. The van der Waals surface area contributed by atoms with E-state index in [0.29, 0.717) is 6.54 Å². The predicted molar refractivity (Wildman–Crippen MR) is 101 cm³/mol. The Morgan fingerprint density at radius 3 is 2.79 bits per heavy atom. The molecule has 0 aliphatic carbocycles. The first-order valence-corrected chi connectivity index (χ1v) is 9.72. The minimum absolute atomic E-state index is 0.122. The normalized spacial score (nSPS) is 11.2. The van der Waals surface area contributed by atoms with Crippen LogP contribution in [-0.2, 0) is 16.6 Å². The molecule has 11 heteroatoms. The van der Waals surface area contributed by atoms with E-state index < -0.39 is 16.0 Å². The Labute approximate surface area is 165 Å². The van der Waals surface area contributed by atoms with Crippen LogP contribution in [0.15, 0.2) is 53.8 Å². The second-order valence-corrected chi connectivity index (χ2v) is 7.70. The molecule has 0 saturated heterocycles. The number of aromatic carboxylic acids is 1. The van der Waals surface area contributed by atoms with E-state index in [1.807, 2.05) is 12.1 Å². The van der Waals surface area contributed by atoms with Crippen molar-refractivity contribution in [1.29, 1.82) is 0 Å². The summed E-state index contributed by atoms with van der Waals surface area (Å²) in [6.45, 7) is 0.366. The van der Waals surface area contributed by atoms with Crippen molar-refractivity contribution in [2.45, 2.75) is 11.4 Å². The molecule has 3 aromatic rings. The third-order valence-electron chi connectivity index (χ3n) is 3.71. The second kappa shape index (κ2) is 7.87. The van der Waals surface area contributed by atoms with Crippen molar-refractivity contribution >= 4 is 33.3 Å². The summed E-state index contributed by atoms with van der Waals surface area (Å²) in [5, 5.41) is 13.0. The van der Waals surface area contributed by atoms with Crippen molar-refractivity contribution < 1.29 is 23.1 Å². The number of hydrogen-bond acceptors (Lipinski definition) is 6. The molecule has 0 atom stereocenters. The fraction of sp³-hybridized carbons (Fsp3) is 0.118. The molecular formula is C17H15ClN4O5S. The monoisotopic (exact) mass is 422 g/mol. The number of rotatable bonds is 7. The van der Waals surface area contributed by atoms with Crippen LogP contribution in [0.5, 0.6) is 5.75 Å². The largest absolute Gasteiger partial charge is 0.496 e. The van der Waals surface area contributed by atoms with E-state index in [2.05, 4.69) is 14.8 Å². The van der Waals surface area contributed by atoms with Crippen LogP contribution in [0.1, 0.15) is 16.1 Å². The van der Waals surface area contributed by atoms with E-state index in [1.54, 1.807) is 12.3 Å². The van der Waals surface area contributed by atoms with Gasteiger partial charge in [-0.15, -0.1) is 0 Å². The van der Waals surface area contributed by atoms with Crippen molar-refractivity contribution in [3.05, 3.63) is 65.2 Å². The van der Waals surface area contributed by atoms with Gasteiger partial charge in [0.15, 0.2) is 0 Å². The maximum Gasteiger partial charge on any atom is 0.339 e. The minimum atomic E-state index is -4.10. The molecular weight excluding hydrogens is 408 g/mol. The lowest BCUT2D eigenvalue weighted by atomic mass is 10.2. The number of aromatic nitrogens is 3. The number of carboxylic acid groups (broad SMARTS) is 1. The number of benzene rings is 1. The Morgan fingerprint density at radius 2 is 2.14 bits per heavy atom. The van der Waals surface area contributed by atoms with E-state index in [0.717, 1.165) is 17.8 Å². The van der Waals surface area contributed by atoms with Gasteiger partial charge < -0.3 is 9.84 Å². The van der Waals surface area contributed by atoms with Gasteiger partial charge in [-0.2, -0.15) is 5.10 Å². The minimum Gasteiger partial charge on any atom is -0.496 e. The van der Waals surface area contributed by atoms with Crippen molar-refractivity contribution in [2.75, 3.05) is 11.8 Å². The molecule has 0 fully saturated rings. The second-order valence-electron chi connectivity index (χ2n) is 5.64. The highest BCUT2D eigenvalue weighted by Gasteiger charge is 2.24. The Kier molecular flexibility index (Phi) is 5.52. The number of nitrogens with one attached hydrogen (secondary N) is 1. The Balaban J connectivity index is 1.85. The lowest BCUT2D eigenvalue weighted by Crippen LogP contribution is -2.14. The van der Waals surface area contributed by atoms with E-state index in [9.17, 15) is 13.2 Å². The first-order valence-electron chi connectivity index (χ1n) is 7.86. The molecule has 0 saturated carbocycles. The molecule has 146 valence electrons. The molecule has 0 amide bonds. The fourth-order valence-electron chi connectivity index (χ4n) is 2.45. The third kappa shape index (κ3) is 4.24. The fourth-order valence-corrected chi connectivity index (χ4v) is 4.02. The van der Waals surface area contributed by atoms with Crippen LogP contribution in [0.2, 0.25) is 5.02 Å². The Bertz CT molecular complexity index is 1120. The van der Waals surface area contributed by atoms with E-state index in [4.69, 9.17) is 21.4 Å². The van der Waals surface area contributed by atoms with E-state index in [1.165, 1.54) is 24.2 Å². The summed E-state index contributed by atoms with van der Waals surface area (Å²) in [5.41, 5.74) is 0.736. The van der Waals surface area contributed by atoms with Crippen molar-refractivity contribution in [1.82, 2.24) is 14.8 Å². The van der Waals surface area contributed by atoms with Crippen molar-refractivity contribution in [3.63, 3.8) is 0 Å². The highest BCUT2D eigenvalue weighted by molar-refractivity contribution is 7.92. The van der Waals surface area contributed by atoms with Crippen LogP contribution < -0.4 is 9.46 Å². The van der Waals surface area contributed by atoms with Gasteiger partial charge in [0.2, 0.25) is 0 Å². The summed E-state index contributed by atoms with van der Waals surface area (Å²) in [5.74, 6) is -1.41. The molecule has 9 nitrogen and oxygen atoms in total. The molecule has 0 unspecified atom stereocenters. The molecule has 0 aliphatic rings. The van der Waals surface area contributed by atoms with E-state index >= 15 is 0 Å². The van der Waals surface area contributed by atoms with E-state index in [-0.39, 0.29) is 26.9 Å². The molecule has 2 N–H and O–H groups in total. The highest BCUT2D eigenvalue weighted by Crippen LogP contribution is 2.31. The number of pyridine rings is 1. The zero-order chi connectivity index (χ0) is 20.3. The Hall–Kier alpha value is -3.11. The average Bonchev–Trinajstić information content (AvgIpc) is 3.08. The summed E-state index contributed by atoms with van der Waals surface area (Å²) in [7, 11) is -2.87. The third-order valence-corrected chi connectivity index (χ3v) is 5.56. The predicted octanol–water partition coefficient (Wildman–Crippen LogP) is 2.49. The molecule has 28 heavy (non-hydrogen) atoms. The number of carbonyl (C=O) groups is 1. The molecule has 0 bridgehead atoms. The van der Waals surface area contributed by atoms with Gasteiger partial charge in [-0.3, -0.25) is 14.4 Å². The van der Waals surface area contributed by atoms with Crippen LogP contribution in [0.25, 0.3) is 0 Å². The summed E-state index contributed by atoms with van der Waals surface area (Å²) in [4.78, 5) is 15.1. The van der Waals surface area contributed by atoms with Gasteiger partial charge in [0, 0.05) is 18.5 Å². The number of halogens is 1. The molecule has 2 heterocycles. The number of ether oxygens (including phenoxy) is 1. The van der Waals surface area contributed by atoms with Gasteiger partial charge in [-0.1, -0.05) is 17.7 Å². The number of carboxylic acids is 1. The standard InChI is InChI=1S/C17H15ClN4O5S/c1-27-15-7-16(14(18)6-13(15)17(23)24)28(25,26)21-12-8-20-22(10-12)9-11-4-2-3-5-19-11/h2-8,10,21H,9H2,1H3,(H,23,24). The molecule has 3 rings (SSSR count). The maximum atomic E-state index is 12.7. The molecule has 0 aliphatic heterocycles. The molecule has 0 radical (unpaired) electrons. The summed E-state index contributed by atoms with van der Waals surface area (Å²) >= 11 is 6.00. The van der Waals surface area contributed by atoms with Crippen LogP contribution in [0.4, 0.5) is 5.69 Å². The number of methoxy groups -OCH3 is 1. The average molecular weight is 423 g/mol. The summed E-state index contributed by atoms with van der Waals surface area (Å²) in [6, 6.07) is 7.54. The van der Waals surface area contributed by atoms with Crippen LogP contribution in [-0.4, -0.2) is 41.4 Å². The number of anilines is 1. The van der Waals surface area contributed by atoms with Crippen molar-refractivity contribution in [3.8, 4) is 5.75 Å². The zero-order valence-electron chi connectivity index (χ0n) is 14.5. The van der Waals surface area contributed by atoms with Gasteiger partial charge in [0.25, 0.3) is 10.0 Å². The van der Waals surface area contributed by atoms with Gasteiger partial charge in [-0.25, -0.2) is 13.2 Å². The number of nitrogens with zero attached hydrogens (tertiary/aromatic N) is 3. The number of hydrogen-bond donors (Lipinski definition) is 2. The van der Waals surface area contributed by atoms with Gasteiger partial charge in [0.05, 0.1) is 36.3 Å². The highest BCUT2D eigenvalue weighted by atomic mass is 35.5. The first-order chi connectivity index (χ1) is 13.3. The van der Waals surface area contributed by atoms with Gasteiger partial charge in [0.1, 0.15) is 16.2 Å². The number of sulfonamides is 1. The van der Waals surface area contributed by atoms with Crippen molar-refractivity contribution in [2.24, 2.45) is 0 Å². The lowest BCUT2D eigenvalue weighted by Gasteiger charge is -2.11. The Morgan fingerprint density at radius 1 is 1.36 bits per heavy atom. The van der Waals surface area contributed by atoms with Gasteiger partial charge in [-0.05, 0) is 18.2 Å². The first kappa shape index (κ1) is 19.6. The molecule has 1 aromatic carbocycles.